The third-order valence-corrected chi connectivity index (χ3v) is 4.50. The highest BCUT2D eigenvalue weighted by Gasteiger charge is 2.24. The molecule has 0 radical (unpaired) electrons. The summed E-state index contributed by atoms with van der Waals surface area (Å²) < 4.78 is 5.53. The van der Waals surface area contributed by atoms with Crippen molar-refractivity contribution >= 4 is 33.7 Å². The fraction of sp³-hybridized carbons (Fsp3) is 0.538. The van der Waals surface area contributed by atoms with E-state index in [0.717, 1.165) is 19.4 Å². The summed E-state index contributed by atoms with van der Waals surface area (Å²) in [5.41, 5.74) is 6.52. The number of ketones is 1. The van der Waals surface area contributed by atoms with Gasteiger partial charge in [-0.3, -0.25) is 9.59 Å². The lowest BCUT2D eigenvalue weighted by molar-refractivity contribution is 0.0964. The quantitative estimate of drug-likeness (QED) is 0.716. The lowest BCUT2D eigenvalue weighted by atomic mass is 10.2. The molecule has 1 aliphatic heterocycles. The number of ether oxygens (including phenoxy) is 1. The van der Waals surface area contributed by atoms with Crippen molar-refractivity contribution in [2.45, 2.75) is 25.9 Å². The first-order valence-electron chi connectivity index (χ1n) is 6.55. The maximum absolute atomic E-state index is 11.9. The first kappa shape index (κ1) is 14.8. The average Bonchev–Trinajstić information content (AvgIpc) is 3.03. The first-order valence-corrected chi connectivity index (χ1v) is 7.37. The molecule has 0 saturated carbocycles. The second-order valence-electron chi connectivity index (χ2n) is 4.70. The number of amides is 1. The molecule has 4 N–H and O–H groups in total. The van der Waals surface area contributed by atoms with Gasteiger partial charge in [0.1, 0.15) is 5.00 Å². The van der Waals surface area contributed by atoms with Gasteiger partial charge in [0.25, 0.3) is 5.91 Å². The standard InChI is InChI=1S/C13H19N3O3S/c1-7(17)11-10(14)9(12(18)15-2)13(20-11)16-6-8-4-3-5-19-8/h8,16H,3-6,14H2,1-2H3,(H,15,18). The van der Waals surface area contributed by atoms with Crippen LogP contribution in [0.2, 0.25) is 0 Å². The summed E-state index contributed by atoms with van der Waals surface area (Å²) in [4.78, 5) is 23.9. The Morgan fingerprint density at radius 2 is 2.25 bits per heavy atom. The highest BCUT2D eigenvalue weighted by atomic mass is 32.1. The van der Waals surface area contributed by atoms with E-state index >= 15 is 0 Å². The van der Waals surface area contributed by atoms with Gasteiger partial charge in [0.2, 0.25) is 0 Å². The van der Waals surface area contributed by atoms with Crippen LogP contribution in [0.25, 0.3) is 0 Å². The van der Waals surface area contributed by atoms with Crippen LogP contribution in [0.5, 0.6) is 0 Å². The molecule has 1 unspecified atom stereocenters. The molecule has 20 heavy (non-hydrogen) atoms. The number of nitrogens with two attached hydrogens (primary N) is 1. The lowest BCUT2D eigenvalue weighted by Gasteiger charge is -2.11. The minimum Gasteiger partial charge on any atom is -0.397 e. The molecule has 2 rings (SSSR count). The Hall–Kier alpha value is -1.60. The van der Waals surface area contributed by atoms with E-state index in [1.54, 1.807) is 0 Å². The van der Waals surface area contributed by atoms with Gasteiger partial charge in [0.15, 0.2) is 5.78 Å². The molecule has 0 aromatic carbocycles. The van der Waals surface area contributed by atoms with Crippen LogP contribution in [-0.2, 0) is 4.74 Å². The predicted octanol–water partition coefficient (Wildman–Crippen LogP) is 1.48. The van der Waals surface area contributed by atoms with Gasteiger partial charge in [-0.25, -0.2) is 0 Å². The molecular weight excluding hydrogens is 278 g/mol. The third kappa shape index (κ3) is 2.94. The van der Waals surface area contributed by atoms with Crippen molar-refractivity contribution in [2.24, 2.45) is 0 Å². The van der Waals surface area contributed by atoms with Crippen LogP contribution >= 0.6 is 11.3 Å². The molecule has 1 aliphatic rings. The molecule has 0 spiro atoms. The second kappa shape index (κ2) is 6.23. The van der Waals surface area contributed by atoms with Crippen LogP contribution in [0.4, 0.5) is 10.7 Å². The Labute approximate surface area is 121 Å². The van der Waals surface area contributed by atoms with Crippen LogP contribution in [0, 0.1) is 0 Å². The van der Waals surface area contributed by atoms with Crippen LogP contribution in [0.3, 0.4) is 0 Å². The molecule has 0 bridgehead atoms. The van der Waals surface area contributed by atoms with Crippen LogP contribution in [0.15, 0.2) is 0 Å². The van der Waals surface area contributed by atoms with Gasteiger partial charge in [0.05, 0.1) is 22.2 Å². The minimum atomic E-state index is -0.291. The largest absolute Gasteiger partial charge is 0.397 e. The molecule has 110 valence electrons. The number of nitrogens with one attached hydrogen (secondary N) is 2. The summed E-state index contributed by atoms with van der Waals surface area (Å²) in [6, 6.07) is 0. The zero-order valence-electron chi connectivity index (χ0n) is 11.6. The summed E-state index contributed by atoms with van der Waals surface area (Å²) in [5, 5.41) is 6.36. The Balaban J connectivity index is 2.22. The molecule has 1 amide bonds. The van der Waals surface area contributed by atoms with E-state index in [2.05, 4.69) is 10.6 Å². The SMILES string of the molecule is CNC(=O)c1c(NCC2CCCO2)sc(C(C)=O)c1N. The Morgan fingerprint density at radius 3 is 2.80 bits per heavy atom. The molecule has 1 aromatic rings. The third-order valence-electron chi connectivity index (χ3n) is 3.23. The van der Waals surface area contributed by atoms with E-state index in [9.17, 15) is 9.59 Å². The van der Waals surface area contributed by atoms with Crippen molar-refractivity contribution in [3.63, 3.8) is 0 Å². The van der Waals surface area contributed by atoms with Gasteiger partial charge in [-0.15, -0.1) is 11.3 Å². The smallest absolute Gasteiger partial charge is 0.256 e. The second-order valence-corrected chi connectivity index (χ2v) is 5.72. The zero-order chi connectivity index (χ0) is 14.7. The van der Waals surface area contributed by atoms with Gasteiger partial charge in [-0.05, 0) is 12.8 Å². The van der Waals surface area contributed by atoms with E-state index in [1.165, 1.54) is 25.3 Å². The Kier molecular flexibility index (Phi) is 4.61. The summed E-state index contributed by atoms with van der Waals surface area (Å²) >= 11 is 1.22. The van der Waals surface area contributed by atoms with Gasteiger partial charge >= 0.3 is 0 Å². The number of carbonyl (C=O) groups is 2. The Bertz CT molecular complexity index is 521. The van der Waals surface area contributed by atoms with Crippen molar-refractivity contribution in [2.75, 3.05) is 31.2 Å². The number of hydrogen-bond acceptors (Lipinski definition) is 6. The minimum absolute atomic E-state index is 0.136. The molecule has 7 heteroatoms. The number of nitrogen functional groups attached to an aromatic ring is 1. The van der Waals surface area contributed by atoms with E-state index < -0.39 is 0 Å². The molecule has 6 nitrogen and oxygen atoms in total. The number of Topliss-reactive ketones (excluding diaryl/α,β-unsaturated/α-hetero) is 1. The van der Waals surface area contributed by atoms with E-state index in [-0.39, 0.29) is 23.5 Å². The monoisotopic (exact) mass is 297 g/mol. The topological polar surface area (TPSA) is 93.5 Å². The van der Waals surface area contributed by atoms with Gasteiger partial charge in [0, 0.05) is 27.1 Å². The first-order chi connectivity index (χ1) is 9.54. The normalized spacial score (nSPS) is 18.0. The molecule has 2 heterocycles. The van der Waals surface area contributed by atoms with E-state index in [4.69, 9.17) is 10.5 Å². The van der Waals surface area contributed by atoms with Crippen LogP contribution < -0.4 is 16.4 Å². The zero-order valence-corrected chi connectivity index (χ0v) is 12.4. The van der Waals surface area contributed by atoms with Gasteiger partial charge in [-0.2, -0.15) is 0 Å². The van der Waals surface area contributed by atoms with Gasteiger partial charge in [-0.1, -0.05) is 0 Å². The average molecular weight is 297 g/mol. The van der Waals surface area contributed by atoms with E-state index in [1.807, 2.05) is 0 Å². The maximum Gasteiger partial charge on any atom is 0.256 e. The van der Waals surface area contributed by atoms with E-state index in [0.29, 0.717) is 22.0 Å². The highest BCUT2D eigenvalue weighted by Crippen LogP contribution is 2.36. The van der Waals surface area contributed by atoms with Crippen molar-refractivity contribution in [1.82, 2.24) is 5.32 Å². The number of anilines is 2. The van der Waals surface area contributed by atoms with Crippen LogP contribution in [-0.4, -0.2) is 38.0 Å². The number of thiophene rings is 1. The lowest BCUT2D eigenvalue weighted by Crippen LogP contribution is -2.22. The maximum atomic E-state index is 11.9. The fourth-order valence-electron chi connectivity index (χ4n) is 2.19. The van der Waals surface area contributed by atoms with Gasteiger partial charge < -0.3 is 21.1 Å². The summed E-state index contributed by atoms with van der Waals surface area (Å²) in [6.07, 6.45) is 2.21. The van der Waals surface area contributed by atoms with Crippen molar-refractivity contribution < 1.29 is 14.3 Å². The summed E-state index contributed by atoms with van der Waals surface area (Å²) in [6.45, 7) is 2.83. The number of carbonyl (C=O) groups excluding carboxylic acids is 2. The molecule has 1 saturated heterocycles. The molecular formula is C13H19N3O3S. The van der Waals surface area contributed by atoms with Crippen LogP contribution in [0.1, 0.15) is 39.8 Å². The predicted molar refractivity (Wildman–Crippen MR) is 79.6 cm³/mol. The molecule has 1 fully saturated rings. The van der Waals surface area contributed by atoms with Crippen molar-refractivity contribution in [3.8, 4) is 0 Å². The molecule has 1 aromatic heterocycles. The fourth-order valence-corrected chi connectivity index (χ4v) is 3.21. The number of rotatable bonds is 5. The van der Waals surface area contributed by atoms with Crippen molar-refractivity contribution in [1.29, 1.82) is 0 Å². The van der Waals surface area contributed by atoms with Crippen molar-refractivity contribution in [3.05, 3.63) is 10.4 Å². The molecule has 0 aliphatic carbocycles. The highest BCUT2D eigenvalue weighted by molar-refractivity contribution is 7.19. The summed E-state index contributed by atoms with van der Waals surface area (Å²) in [5.74, 6) is -0.427. The molecule has 1 atom stereocenters. The summed E-state index contributed by atoms with van der Waals surface area (Å²) in [7, 11) is 1.54. The Morgan fingerprint density at radius 1 is 1.50 bits per heavy atom. The number of hydrogen-bond donors (Lipinski definition) is 3.